The molecule has 0 saturated heterocycles. The molecule has 0 aliphatic rings. The van der Waals surface area contributed by atoms with Crippen molar-refractivity contribution < 1.29 is 5.11 Å². The van der Waals surface area contributed by atoms with E-state index in [0.717, 1.165) is 16.8 Å². The molecule has 0 spiro atoms. The molecular formula is C10H12N4O. The second-order valence-corrected chi connectivity index (χ2v) is 3.44. The standard InChI is InChI=1S/C10H12N4O/c1-6-3-7(2)9(11-4-6)10-12-8(5-15)13-14-10/h3-4,15H,5H2,1-2H3,(H,12,13,14). The van der Waals surface area contributed by atoms with Crippen LogP contribution < -0.4 is 0 Å². The lowest BCUT2D eigenvalue weighted by atomic mass is 10.1. The minimum Gasteiger partial charge on any atom is -0.388 e. The molecule has 0 aliphatic heterocycles. The number of aliphatic hydroxyl groups excluding tert-OH is 1. The summed E-state index contributed by atoms with van der Waals surface area (Å²) in [5.74, 6) is 0.975. The number of aryl methyl sites for hydroxylation is 2. The van der Waals surface area contributed by atoms with Gasteiger partial charge in [-0.25, -0.2) is 4.98 Å². The first kappa shape index (κ1) is 9.79. The Hall–Kier alpha value is -1.75. The fraction of sp³-hybridized carbons (Fsp3) is 0.300. The SMILES string of the molecule is Cc1cnc(-c2n[nH]c(CO)n2)c(C)c1. The molecule has 0 unspecified atom stereocenters. The smallest absolute Gasteiger partial charge is 0.200 e. The second-order valence-electron chi connectivity index (χ2n) is 3.44. The summed E-state index contributed by atoms with van der Waals surface area (Å²) < 4.78 is 0. The molecule has 2 aromatic heterocycles. The number of pyridine rings is 1. The zero-order valence-electron chi connectivity index (χ0n) is 8.65. The van der Waals surface area contributed by atoms with E-state index >= 15 is 0 Å². The van der Waals surface area contributed by atoms with Crippen LogP contribution in [0.5, 0.6) is 0 Å². The van der Waals surface area contributed by atoms with Crippen LogP contribution in [0.2, 0.25) is 0 Å². The number of aliphatic hydroxyl groups is 1. The molecule has 0 fully saturated rings. The van der Waals surface area contributed by atoms with Gasteiger partial charge >= 0.3 is 0 Å². The predicted octanol–water partition coefficient (Wildman–Crippen LogP) is 0.976. The Morgan fingerprint density at radius 3 is 2.80 bits per heavy atom. The van der Waals surface area contributed by atoms with Gasteiger partial charge in [0.05, 0.1) is 0 Å². The molecule has 2 heterocycles. The normalized spacial score (nSPS) is 10.6. The fourth-order valence-corrected chi connectivity index (χ4v) is 1.42. The maximum atomic E-state index is 8.86. The Labute approximate surface area is 87.2 Å². The van der Waals surface area contributed by atoms with Gasteiger partial charge in [0.2, 0.25) is 0 Å². The largest absolute Gasteiger partial charge is 0.388 e. The van der Waals surface area contributed by atoms with E-state index in [2.05, 4.69) is 20.2 Å². The van der Waals surface area contributed by atoms with E-state index in [9.17, 15) is 0 Å². The molecule has 78 valence electrons. The molecule has 0 radical (unpaired) electrons. The Bertz CT molecular complexity index is 478. The molecule has 0 bridgehead atoms. The summed E-state index contributed by atoms with van der Waals surface area (Å²) in [5, 5.41) is 15.5. The number of nitrogens with zero attached hydrogens (tertiary/aromatic N) is 3. The van der Waals surface area contributed by atoms with Gasteiger partial charge in [-0.1, -0.05) is 6.07 Å². The summed E-state index contributed by atoms with van der Waals surface area (Å²) in [7, 11) is 0. The van der Waals surface area contributed by atoms with Gasteiger partial charge in [-0.15, -0.1) is 0 Å². The number of hydrogen-bond donors (Lipinski definition) is 2. The van der Waals surface area contributed by atoms with Crippen molar-refractivity contribution in [1.29, 1.82) is 0 Å². The van der Waals surface area contributed by atoms with E-state index < -0.39 is 0 Å². The van der Waals surface area contributed by atoms with Gasteiger partial charge in [0, 0.05) is 6.20 Å². The summed E-state index contributed by atoms with van der Waals surface area (Å²) in [6.45, 7) is 3.81. The van der Waals surface area contributed by atoms with Crippen molar-refractivity contribution in [3.8, 4) is 11.5 Å². The highest BCUT2D eigenvalue weighted by atomic mass is 16.3. The monoisotopic (exact) mass is 204 g/mol. The predicted molar refractivity (Wildman–Crippen MR) is 55.0 cm³/mol. The van der Waals surface area contributed by atoms with Crippen LogP contribution in [0, 0.1) is 13.8 Å². The van der Waals surface area contributed by atoms with Crippen LogP contribution in [-0.2, 0) is 6.61 Å². The first-order valence-corrected chi connectivity index (χ1v) is 4.66. The quantitative estimate of drug-likeness (QED) is 0.764. The summed E-state index contributed by atoms with van der Waals surface area (Å²) in [6.07, 6.45) is 1.78. The lowest BCUT2D eigenvalue weighted by Crippen LogP contribution is -1.91. The zero-order chi connectivity index (χ0) is 10.8. The molecule has 0 aliphatic carbocycles. The van der Waals surface area contributed by atoms with Gasteiger partial charge in [0.1, 0.15) is 12.3 Å². The summed E-state index contributed by atoms with van der Waals surface area (Å²) in [5.41, 5.74) is 2.88. The molecule has 15 heavy (non-hydrogen) atoms. The van der Waals surface area contributed by atoms with E-state index in [1.807, 2.05) is 19.9 Å². The number of nitrogens with one attached hydrogen (secondary N) is 1. The maximum Gasteiger partial charge on any atom is 0.200 e. The van der Waals surface area contributed by atoms with E-state index in [1.165, 1.54) is 0 Å². The molecule has 0 aromatic carbocycles. The average molecular weight is 204 g/mol. The number of H-pyrrole nitrogens is 1. The Morgan fingerprint density at radius 2 is 2.20 bits per heavy atom. The summed E-state index contributed by atoms with van der Waals surface area (Å²) in [6, 6.07) is 2.03. The van der Waals surface area contributed by atoms with E-state index in [4.69, 9.17) is 5.11 Å². The Kier molecular flexibility index (Phi) is 2.47. The van der Waals surface area contributed by atoms with Gasteiger partial charge in [0.15, 0.2) is 11.6 Å². The van der Waals surface area contributed by atoms with Crippen molar-refractivity contribution >= 4 is 0 Å². The molecule has 2 N–H and O–H groups in total. The number of aromatic amines is 1. The Morgan fingerprint density at radius 1 is 1.40 bits per heavy atom. The first-order chi connectivity index (χ1) is 7.20. The highest BCUT2D eigenvalue weighted by Gasteiger charge is 2.09. The summed E-state index contributed by atoms with van der Waals surface area (Å²) >= 11 is 0. The number of aromatic nitrogens is 4. The molecule has 0 saturated carbocycles. The highest BCUT2D eigenvalue weighted by Crippen LogP contribution is 2.17. The van der Waals surface area contributed by atoms with E-state index in [-0.39, 0.29) is 6.61 Å². The average Bonchev–Trinajstić information content (AvgIpc) is 2.66. The van der Waals surface area contributed by atoms with Crippen LogP contribution in [-0.4, -0.2) is 25.3 Å². The third-order valence-corrected chi connectivity index (χ3v) is 2.11. The number of rotatable bonds is 2. The van der Waals surface area contributed by atoms with Gasteiger partial charge in [-0.3, -0.25) is 10.1 Å². The van der Waals surface area contributed by atoms with Crippen molar-refractivity contribution in [3.05, 3.63) is 29.2 Å². The lowest BCUT2D eigenvalue weighted by Gasteiger charge is -2.00. The van der Waals surface area contributed by atoms with Crippen LogP contribution in [0.15, 0.2) is 12.3 Å². The minimum absolute atomic E-state index is 0.141. The van der Waals surface area contributed by atoms with E-state index in [1.54, 1.807) is 6.20 Å². The van der Waals surface area contributed by atoms with Crippen molar-refractivity contribution in [1.82, 2.24) is 20.2 Å². The molecule has 2 aromatic rings. The van der Waals surface area contributed by atoms with Crippen LogP contribution in [0.25, 0.3) is 11.5 Å². The molecule has 5 heteroatoms. The number of hydrogen-bond acceptors (Lipinski definition) is 4. The Balaban J connectivity index is 2.44. The van der Waals surface area contributed by atoms with Crippen LogP contribution in [0.1, 0.15) is 17.0 Å². The van der Waals surface area contributed by atoms with Crippen LogP contribution in [0.4, 0.5) is 0 Å². The highest BCUT2D eigenvalue weighted by molar-refractivity contribution is 5.54. The minimum atomic E-state index is -0.141. The third kappa shape index (κ3) is 1.87. The van der Waals surface area contributed by atoms with Gasteiger partial charge < -0.3 is 5.11 Å². The summed E-state index contributed by atoms with van der Waals surface area (Å²) in [4.78, 5) is 8.38. The van der Waals surface area contributed by atoms with Crippen LogP contribution in [0.3, 0.4) is 0 Å². The van der Waals surface area contributed by atoms with E-state index in [0.29, 0.717) is 11.6 Å². The molecule has 0 amide bonds. The molecule has 0 atom stereocenters. The fourth-order valence-electron chi connectivity index (χ4n) is 1.42. The third-order valence-electron chi connectivity index (χ3n) is 2.11. The molecule has 2 rings (SSSR count). The maximum absolute atomic E-state index is 8.86. The first-order valence-electron chi connectivity index (χ1n) is 4.66. The van der Waals surface area contributed by atoms with Crippen molar-refractivity contribution in [2.75, 3.05) is 0 Å². The molecule has 5 nitrogen and oxygen atoms in total. The topological polar surface area (TPSA) is 74.7 Å². The van der Waals surface area contributed by atoms with Crippen molar-refractivity contribution in [2.24, 2.45) is 0 Å². The lowest BCUT2D eigenvalue weighted by molar-refractivity contribution is 0.272. The molecular weight excluding hydrogens is 192 g/mol. The van der Waals surface area contributed by atoms with Crippen LogP contribution >= 0.6 is 0 Å². The zero-order valence-corrected chi connectivity index (χ0v) is 8.65. The van der Waals surface area contributed by atoms with Crippen molar-refractivity contribution in [2.45, 2.75) is 20.5 Å². The van der Waals surface area contributed by atoms with Gasteiger partial charge in [0.25, 0.3) is 0 Å². The van der Waals surface area contributed by atoms with Crippen molar-refractivity contribution in [3.63, 3.8) is 0 Å². The van der Waals surface area contributed by atoms with Gasteiger partial charge in [-0.2, -0.15) is 5.10 Å². The van der Waals surface area contributed by atoms with Gasteiger partial charge in [-0.05, 0) is 25.0 Å². The second kappa shape index (κ2) is 3.78.